The van der Waals surface area contributed by atoms with Gasteiger partial charge >= 0.3 is 12.2 Å². The molecule has 1 aliphatic heterocycles. The number of alkyl halides is 3. The van der Waals surface area contributed by atoms with E-state index in [0.29, 0.717) is 47.4 Å². The summed E-state index contributed by atoms with van der Waals surface area (Å²) in [7, 11) is 0. The van der Waals surface area contributed by atoms with E-state index in [1.54, 1.807) is 4.52 Å². The summed E-state index contributed by atoms with van der Waals surface area (Å²) in [6.45, 7) is 3.23. The maximum Gasteiger partial charge on any atom is 0.416 e. The number of amides is 2. The fourth-order valence-corrected chi connectivity index (χ4v) is 4.38. The van der Waals surface area contributed by atoms with Crippen LogP contribution in [-0.4, -0.2) is 56.8 Å². The van der Waals surface area contributed by atoms with Gasteiger partial charge in [0.05, 0.1) is 30.2 Å². The van der Waals surface area contributed by atoms with Crippen molar-refractivity contribution in [2.45, 2.75) is 12.7 Å². The number of hydrogen-bond donors (Lipinski definition) is 2. The smallest absolute Gasteiger partial charge is 0.382 e. The molecule has 4 N–H and O–H groups in total. The predicted octanol–water partition coefficient (Wildman–Crippen LogP) is 3.58. The minimum absolute atomic E-state index is 0.180. The molecule has 0 saturated carbocycles. The van der Waals surface area contributed by atoms with Crippen LogP contribution in [0.25, 0.3) is 16.6 Å². The van der Waals surface area contributed by atoms with Crippen molar-refractivity contribution in [2.24, 2.45) is 5.73 Å². The lowest BCUT2D eigenvalue weighted by molar-refractivity contribution is -0.137. The Hall–Kier alpha value is -4.30. The highest BCUT2D eigenvalue weighted by Crippen LogP contribution is 2.36. The van der Waals surface area contributed by atoms with Crippen molar-refractivity contribution in [3.8, 4) is 11.1 Å². The van der Waals surface area contributed by atoms with Gasteiger partial charge in [-0.1, -0.05) is 6.07 Å². The number of pyridine rings is 1. The third-order valence-electron chi connectivity index (χ3n) is 6.17. The normalized spacial score (nSPS) is 14.6. The number of nitrogens with two attached hydrogens (primary N) is 2. The fraction of sp³-hybridized carbons (Fsp3) is 0.250. The maximum atomic E-state index is 15.5. The minimum Gasteiger partial charge on any atom is -0.382 e. The molecule has 3 aromatic heterocycles. The number of fused-ring (bicyclic) bond motifs is 1. The van der Waals surface area contributed by atoms with Crippen molar-refractivity contribution in [3.63, 3.8) is 0 Å². The van der Waals surface area contributed by atoms with E-state index >= 15 is 4.39 Å². The number of urea groups is 1. The summed E-state index contributed by atoms with van der Waals surface area (Å²) in [5.74, 6) is -1.21. The topological polar surface area (TPSA) is 128 Å². The molecular formula is C24H22F4N8O2. The fourth-order valence-electron chi connectivity index (χ4n) is 4.38. The number of morpholine rings is 1. The van der Waals surface area contributed by atoms with Gasteiger partial charge in [0, 0.05) is 31.4 Å². The first kappa shape index (κ1) is 25.4. The van der Waals surface area contributed by atoms with Gasteiger partial charge in [-0.05, 0) is 35.9 Å². The van der Waals surface area contributed by atoms with E-state index in [0.717, 1.165) is 37.1 Å². The van der Waals surface area contributed by atoms with Gasteiger partial charge in [0.2, 0.25) is 0 Å². The lowest BCUT2D eigenvalue weighted by atomic mass is 10.1. The Kier molecular flexibility index (Phi) is 6.59. The molecule has 1 aliphatic rings. The molecule has 0 atom stereocenters. The van der Waals surface area contributed by atoms with Crippen molar-refractivity contribution in [1.82, 2.24) is 24.5 Å². The number of rotatable bonds is 5. The van der Waals surface area contributed by atoms with E-state index in [4.69, 9.17) is 16.2 Å². The van der Waals surface area contributed by atoms with Gasteiger partial charge in [-0.25, -0.2) is 28.6 Å². The summed E-state index contributed by atoms with van der Waals surface area (Å²) in [6.07, 6.45) is -2.50. The molecule has 2 amide bonds. The SMILES string of the molecule is NC(=O)N(c1cc(C(F)(F)F)ccn1)c1ccc(-c2cc(CN3CCOCC3)n3ncnc(N)c23)cc1F. The van der Waals surface area contributed by atoms with Crippen LogP contribution in [-0.2, 0) is 17.5 Å². The zero-order chi connectivity index (χ0) is 27.0. The van der Waals surface area contributed by atoms with Crippen LogP contribution >= 0.6 is 0 Å². The Bertz CT molecular complexity index is 1500. The Morgan fingerprint density at radius 3 is 2.55 bits per heavy atom. The van der Waals surface area contributed by atoms with Crippen LogP contribution in [0.5, 0.6) is 0 Å². The van der Waals surface area contributed by atoms with Crippen LogP contribution in [0.4, 0.5) is 39.7 Å². The van der Waals surface area contributed by atoms with E-state index in [-0.39, 0.29) is 11.5 Å². The van der Waals surface area contributed by atoms with Gasteiger partial charge in [-0.3, -0.25) is 4.90 Å². The van der Waals surface area contributed by atoms with Crippen molar-refractivity contribution in [3.05, 3.63) is 66.0 Å². The quantitative estimate of drug-likeness (QED) is 0.378. The van der Waals surface area contributed by atoms with E-state index in [9.17, 15) is 18.0 Å². The van der Waals surface area contributed by atoms with Gasteiger partial charge in [0.15, 0.2) is 5.82 Å². The largest absolute Gasteiger partial charge is 0.416 e. The number of anilines is 3. The third kappa shape index (κ3) is 4.82. The number of carbonyl (C=O) groups excluding carboxylic acids is 1. The van der Waals surface area contributed by atoms with E-state index < -0.39 is 29.4 Å². The van der Waals surface area contributed by atoms with Crippen LogP contribution in [0.15, 0.2) is 48.9 Å². The van der Waals surface area contributed by atoms with E-state index in [2.05, 4.69) is 20.0 Å². The molecule has 38 heavy (non-hydrogen) atoms. The Labute approximate surface area is 213 Å². The van der Waals surface area contributed by atoms with E-state index in [1.165, 1.54) is 18.5 Å². The van der Waals surface area contributed by atoms with Crippen molar-refractivity contribution in [2.75, 3.05) is 36.9 Å². The molecule has 5 rings (SSSR count). The summed E-state index contributed by atoms with van der Waals surface area (Å²) < 4.78 is 62.1. The highest BCUT2D eigenvalue weighted by atomic mass is 19.4. The minimum atomic E-state index is -4.69. The molecule has 0 radical (unpaired) electrons. The van der Waals surface area contributed by atoms with Crippen LogP contribution in [0.1, 0.15) is 11.3 Å². The molecule has 1 fully saturated rings. The highest BCUT2D eigenvalue weighted by molar-refractivity contribution is 5.98. The average molecular weight is 530 g/mol. The Morgan fingerprint density at radius 1 is 1.11 bits per heavy atom. The van der Waals surface area contributed by atoms with Gasteiger partial charge in [0.25, 0.3) is 0 Å². The summed E-state index contributed by atoms with van der Waals surface area (Å²) >= 11 is 0. The molecule has 198 valence electrons. The van der Waals surface area contributed by atoms with Crippen molar-refractivity contribution in [1.29, 1.82) is 0 Å². The predicted molar refractivity (Wildman–Crippen MR) is 130 cm³/mol. The second-order valence-corrected chi connectivity index (χ2v) is 8.58. The van der Waals surface area contributed by atoms with Gasteiger partial charge < -0.3 is 16.2 Å². The molecule has 10 nitrogen and oxygen atoms in total. The molecule has 0 spiro atoms. The summed E-state index contributed by atoms with van der Waals surface area (Å²) in [6, 6.07) is 5.86. The number of halogens is 4. The number of ether oxygens (including phenoxy) is 1. The van der Waals surface area contributed by atoms with Crippen LogP contribution < -0.4 is 16.4 Å². The Morgan fingerprint density at radius 2 is 1.87 bits per heavy atom. The number of benzene rings is 1. The zero-order valence-electron chi connectivity index (χ0n) is 19.8. The summed E-state index contributed by atoms with van der Waals surface area (Å²) in [4.78, 5) is 22.8. The number of primary amides is 1. The Balaban J connectivity index is 1.55. The lowest BCUT2D eigenvalue weighted by Crippen LogP contribution is -2.36. The molecular weight excluding hydrogens is 508 g/mol. The van der Waals surface area contributed by atoms with Crippen molar-refractivity contribution >= 4 is 28.9 Å². The van der Waals surface area contributed by atoms with Gasteiger partial charge in [-0.15, -0.1) is 0 Å². The average Bonchev–Trinajstić information content (AvgIpc) is 3.25. The lowest BCUT2D eigenvalue weighted by Gasteiger charge is -2.26. The number of hydrogen-bond acceptors (Lipinski definition) is 7. The third-order valence-corrected chi connectivity index (χ3v) is 6.17. The first-order chi connectivity index (χ1) is 18.1. The number of aromatic nitrogens is 4. The van der Waals surface area contributed by atoms with Gasteiger partial charge in [0.1, 0.15) is 23.5 Å². The molecule has 0 aliphatic carbocycles. The molecule has 1 saturated heterocycles. The molecule has 1 aromatic carbocycles. The second-order valence-electron chi connectivity index (χ2n) is 8.58. The highest BCUT2D eigenvalue weighted by Gasteiger charge is 2.32. The zero-order valence-corrected chi connectivity index (χ0v) is 19.8. The standard InChI is InChI=1S/C24H22F4N8O2/c25-18-9-14(1-2-19(18)35(23(30)37)20-10-15(3-4-31-20)24(26,27)28)17-11-16(12-34-5-7-38-8-6-34)36-21(17)22(29)32-13-33-36/h1-4,9-11,13H,5-8,12H2,(H2,30,37)(H2,29,32,33). The summed E-state index contributed by atoms with van der Waals surface area (Å²) in [5.41, 5.74) is 12.3. The van der Waals surface area contributed by atoms with Crippen LogP contribution in [0, 0.1) is 5.82 Å². The number of carbonyl (C=O) groups is 1. The molecule has 4 aromatic rings. The first-order valence-corrected chi connectivity index (χ1v) is 11.5. The molecule has 4 heterocycles. The maximum absolute atomic E-state index is 15.5. The monoisotopic (exact) mass is 530 g/mol. The van der Waals surface area contributed by atoms with Crippen molar-refractivity contribution < 1.29 is 27.1 Å². The van der Waals surface area contributed by atoms with Crippen LogP contribution in [0.2, 0.25) is 0 Å². The number of nitrogen functional groups attached to an aromatic ring is 1. The first-order valence-electron chi connectivity index (χ1n) is 11.5. The second kappa shape index (κ2) is 9.87. The molecule has 0 unspecified atom stereocenters. The van der Waals surface area contributed by atoms with Gasteiger partial charge in [-0.2, -0.15) is 18.3 Å². The molecule has 14 heteroatoms. The molecule has 0 bridgehead atoms. The van der Waals surface area contributed by atoms with E-state index in [1.807, 2.05) is 6.07 Å². The van der Waals surface area contributed by atoms with Crippen LogP contribution in [0.3, 0.4) is 0 Å². The number of nitrogens with zero attached hydrogens (tertiary/aromatic N) is 6. The summed E-state index contributed by atoms with van der Waals surface area (Å²) in [5, 5.41) is 4.32.